The molecule has 4 heteroatoms. The van der Waals surface area contributed by atoms with Crippen molar-refractivity contribution in [3.63, 3.8) is 0 Å². The van der Waals surface area contributed by atoms with Crippen LogP contribution in [0.15, 0.2) is 24.3 Å². The highest BCUT2D eigenvalue weighted by Crippen LogP contribution is 2.24. The van der Waals surface area contributed by atoms with E-state index in [1.165, 1.54) is 12.8 Å². The van der Waals surface area contributed by atoms with Gasteiger partial charge >= 0.3 is 0 Å². The lowest BCUT2D eigenvalue weighted by Crippen LogP contribution is -2.16. The van der Waals surface area contributed by atoms with Crippen LogP contribution in [0.25, 0.3) is 0 Å². The van der Waals surface area contributed by atoms with Gasteiger partial charge in [0.15, 0.2) is 0 Å². The summed E-state index contributed by atoms with van der Waals surface area (Å²) in [6.07, 6.45) is 5.53. The summed E-state index contributed by atoms with van der Waals surface area (Å²) in [7, 11) is 0. The highest BCUT2D eigenvalue weighted by atomic mass is 16.5. The number of hydrogen-bond acceptors (Lipinski definition) is 3. The number of nitrogens with two attached hydrogens (primary N) is 1. The molecule has 0 aromatic heterocycles. The Morgan fingerprint density at radius 3 is 2.56 bits per heavy atom. The molecule has 3 N–H and O–H groups in total. The van der Waals surface area contributed by atoms with E-state index in [2.05, 4.69) is 5.32 Å². The standard InChI is InChI=1S/C14H20N2O2/c15-10-9-14(17)16-11-5-7-13(8-6-11)18-12-3-1-2-4-12/h5-8,12H,1-4,9-10,15H2,(H,16,17). The first kappa shape index (κ1) is 12.9. The highest BCUT2D eigenvalue weighted by Gasteiger charge is 2.16. The van der Waals surface area contributed by atoms with Crippen LogP contribution in [0.1, 0.15) is 32.1 Å². The van der Waals surface area contributed by atoms with Crippen molar-refractivity contribution in [1.29, 1.82) is 0 Å². The number of benzene rings is 1. The molecule has 18 heavy (non-hydrogen) atoms. The molecular formula is C14H20N2O2. The van der Waals surface area contributed by atoms with E-state index in [0.29, 0.717) is 19.1 Å². The summed E-state index contributed by atoms with van der Waals surface area (Å²) >= 11 is 0. The maximum Gasteiger partial charge on any atom is 0.225 e. The molecule has 0 aliphatic heterocycles. The Labute approximate surface area is 108 Å². The first-order valence-corrected chi connectivity index (χ1v) is 6.54. The van der Waals surface area contributed by atoms with Gasteiger partial charge in [-0.3, -0.25) is 4.79 Å². The first-order valence-electron chi connectivity index (χ1n) is 6.54. The lowest BCUT2D eigenvalue weighted by Gasteiger charge is -2.13. The minimum absolute atomic E-state index is 0.0537. The van der Waals surface area contributed by atoms with Crippen molar-refractivity contribution in [3.05, 3.63) is 24.3 Å². The monoisotopic (exact) mass is 248 g/mol. The van der Waals surface area contributed by atoms with Crippen LogP contribution in [0.4, 0.5) is 5.69 Å². The van der Waals surface area contributed by atoms with E-state index >= 15 is 0 Å². The number of nitrogens with one attached hydrogen (secondary N) is 1. The second kappa shape index (κ2) is 6.40. The second-order valence-electron chi connectivity index (χ2n) is 4.64. The van der Waals surface area contributed by atoms with Gasteiger partial charge in [0, 0.05) is 18.7 Å². The Kier molecular flexibility index (Phi) is 4.59. The number of carbonyl (C=O) groups is 1. The number of hydrogen-bond donors (Lipinski definition) is 2. The van der Waals surface area contributed by atoms with Gasteiger partial charge in [-0.2, -0.15) is 0 Å². The fourth-order valence-electron chi connectivity index (χ4n) is 2.17. The number of carbonyl (C=O) groups excluding carboxylic acids is 1. The van der Waals surface area contributed by atoms with E-state index in [1.807, 2.05) is 24.3 Å². The van der Waals surface area contributed by atoms with Crippen LogP contribution in [0.2, 0.25) is 0 Å². The van der Waals surface area contributed by atoms with Crippen LogP contribution in [-0.2, 0) is 4.79 Å². The van der Waals surface area contributed by atoms with Gasteiger partial charge in [0.05, 0.1) is 6.10 Å². The molecule has 0 atom stereocenters. The molecule has 1 fully saturated rings. The van der Waals surface area contributed by atoms with Gasteiger partial charge in [0.1, 0.15) is 5.75 Å². The summed E-state index contributed by atoms with van der Waals surface area (Å²) in [4.78, 5) is 11.4. The van der Waals surface area contributed by atoms with Gasteiger partial charge < -0.3 is 15.8 Å². The predicted molar refractivity (Wildman–Crippen MR) is 71.6 cm³/mol. The molecule has 98 valence electrons. The number of rotatable bonds is 5. The molecule has 1 aliphatic carbocycles. The van der Waals surface area contributed by atoms with Gasteiger partial charge in [-0.25, -0.2) is 0 Å². The third-order valence-corrected chi connectivity index (χ3v) is 3.11. The Bertz CT molecular complexity index is 383. The molecule has 0 saturated heterocycles. The molecule has 1 amide bonds. The van der Waals surface area contributed by atoms with Gasteiger partial charge in [0.25, 0.3) is 0 Å². The van der Waals surface area contributed by atoms with Crippen molar-refractivity contribution in [3.8, 4) is 5.75 Å². The molecule has 4 nitrogen and oxygen atoms in total. The third kappa shape index (κ3) is 3.74. The molecular weight excluding hydrogens is 228 g/mol. The van der Waals surface area contributed by atoms with Crippen molar-refractivity contribution in [2.45, 2.75) is 38.2 Å². The molecule has 1 saturated carbocycles. The van der Waals surface area contributed by atoms with Gasteiger partial charge in [0.2, 0.25) is 5.91 Å². The summed E-state index contributed by atoms with van der Waals surface area (Å²) in [6.45, 7) is 0.370. The Balaban J connectivity index is 1.86. The Morgan fingerprint density at radius 2 is 1.94 bits per heavy atom. The smallest absolute Gasteiger partial charge is 0.225 e. The zero-order valence-electron chi connectivity index (χ0n) is 10.5. The van der Waals surface area contributed by atoms with Crippen LogP contribution in [0.5, 0.6) is 5.75 Å². The topological polar surface area (TPSA) is 64.4 Å². The normalized spacial score (nSPS) is 15.6. The average molecular weight is 248 g/mol. The van der Waals surface area contributed by atoms with Crippen molar-refractivity contribution in [2.24, 2.45) is 5.73 Å². The molecule has 2 rings (SSSR count). The quantitative estimate of drug-likeness (QED) is 0.840. The molecule has 0 spiro atoms. The van der Waals surface area contributed by atoms with Crippen molar-refractivity contribution in [2.75, 3.05) is 11.9 Å². The van der Waals surface area contributed by atoms with E-state index in [-0.39, 0.29) is 5.91 Å². The van der Waals surface area contributed by atoms with E-state index in [4.69, 9.17) is 10.5 Å². The molecule has 0 radical (unpaired) electrons. The van der Waals surface area contributed by atoms with E-state index in [9.17, 15) is 4.79 Å². The average Bonchev–Trinajstić information content (AvgIpc) is 2.85. The highest BCUT2D eigenvalue weighted by molar-refractivity contribution is 5.90. The molecule has 1 aromatic carbocycles. The summed E-state index contributed by atoms with van der Waals surface area (Å²) in [5.74, 6) is 0.820. The number of ether oxygens (including phenoxy) is 1. The lowest BCUT2D eigenvalue weighted by atomic mass is 10.2. The molecule has 0 heterocycles. The van der Waals surface area contributed by atoms with E-state index in [0.717, 1.165) is 24.3 Å². The molecule has 1 aliphatic rings. The van der Waals surface area contributed by atoms with Crippen molar-refractivity contribution >= 4 is 11.6 Å². The second-order valence-corrected chi connectivity index (χ2v) is 4.64. The van der Waals surface area contributed by atoms with Crippen molar-refractivity contribution in [1.82, 2.24) is 0 Å². The zero-order valence-corrected chi connectivity index (χ0v) is 10.5. The SMILES string of the molecule is NCCC(=O)Nc1ccc(OC2CCCC2)cc1. The van der Waals surface area contributed by atoms with Crippen LogP contribution in [0.3, 0.4) is 0 Å². The van der Waals surface area contributed by atoms with Crippen molar-refractivity contribution < 1.29 is 9.53 Å². The van der Waals surface area contributed by atoms with Crippen LogP contribution >= 0.6 is 0 Å². The van der Waals surface area contributed by atoms with Gasteiger partial charge in [-0.1, -0.05) is 0 Å². The first-order chi connectivity index (χ1) is 8.78. The minimum atomic E-state index is -0.0537. The van der Waals surface area contributed by atoms with E-state index in [1.54, 1.807) is 0 Å². The maximum atomic E-state index is 11.4. The fraction of sp³-hybridized carbons (Fsp3) is 0.500. The third-order valence-electron chi connectivity index (χ3n) is 3.11. The fourth-order valence-corrected chi connectivity index (χ4v) is 2.17. The van der Waals surface area contributed by atoms with Crippen LogP contribution in [0, 0.1) is 0 Å². The minimum Gasteiger partial charge on any atom is -0.490 e. The Hall–Kier alpha value is -1.55. The summed E-state index contributed by atoms with van der Waals surface area (Å²) < 4.78 is 5.85. The number of amides is 1. The molecule has 0 bridgehead atoms. The van der Waals surface area contributed by atoms with Gasteiger partial charge in [-0.05, 0) is 49.9 Å². The summed E-state index contributed by atoms with van der Waals surface area (Å²) in [5.41, 5.74) is 6.10. The van der Waals surface area contributed by atoms with Crippen LogP contribution < -0.4 is 15.8 Å². The van der Waals surface area contributed by atoms with Crippen LogP contribution in [-0.4, -0.2) is 18.6 Å². The summed E-state index contributed by atoms with van der Waals surface area (Å²) in [5, 5.41) is 2.79. The Morgan fingerprint density at radius 1 is 1.28 bits per heavy atom. The summed E-state index contributed by atoms with van der Waals surface area (Å²) in [6, 6.07) is 7.52. The molecule has 1 aromatic rings. The maximum absolute atomic E-state index is 11.4. The van der Waals surface area contributed by atoms with Gasteiger partial charge in [-0.15, -0.1) is 0 Å². The largest absolute Gasteiger partial charge is 0.490 e. The predicted octanol–water partition coefficient (Wildman–Crippen LogP) is 2.30. The molecule has 0 unspecified atom stereocenters. The zero-order chi connectivity index (χ0) is 12.8. The van der Waals surface area contributed by atoms with E-state index < -0.39 is 0 Å². The number of anilines is 1. The lowest BCUT2D eigenvalue weighted by molar-refractivity contribution is -0.116.